The number of rotatable bonds is 4. The van der Waals surface area contributed by atoms with Gasteiger partial charge < -0.3 is 16.0 Å². The molecule has 26 heavy (non-hydrogen) atoms. The Labute approximate surface area is 163 Å². The molecule has 2 aliphatic rings. The highest BCUT2D eigenvalue weighted by Gasteiger charge is 2.21. The van der Waals surface area contributed by atoms with Gasteiger partial charge in [-0.1, -0.05) is 23.2 Å². The van der Waals surface area contributed by atoms with Crippen LogP contribution in [0.3, 0.4) is 0 Å². The van der Waals surface area contributed by atoms with Crippen LogP contribution in [-0.4, -0.2) is 29.1 Å². The molecule has 0 atom stereocenters. The summed E-state index contributed by atoms with van der Waals surface area (Å²) in [7, 11) is 0. The van der Waals surface area contributed by atoms with E-state index in [-0.39, 0.29) is 0 Å². The molecule has 0 radical (unpaired) electrons. The van der Waals surface area contributed by atoms with Crippen molar-refractivity contribution < 1.29 is 0 Å². The van der Waals surface area contributed by atoms with E-state index in [1.165, 1.54) is 18.4 Å². The van der Waals surface area contributed by atoms with Crippen LogP contribution >= 0.6 is 23.2 Å². The number of anilines is 3. The van der Waals surface area contributed by atoms with Crippen molar-refractivity contribution in [3.8, 4) is 0 Å². The Bertz CT molecular complexity index is 769. The largest absolute Gasteiger partial charge is 0.367 e. The van der Waals surface area contributed by atoms with Crippen LogP contribution in [0.25, 0.3) is 0 Å². The van der Waals surface area contributed by atoms with Crippen LogP contribution in [0, 0.1) is 0 Å². The number of fused-ring (bicyclic) bond motifs is 1. The standard InChI is InChI=1S/C19H23Cl2N5/c20-12-9-13(21)11-15(10-12)24-19-25-17-4-2-1-3-16(17)18(26-19)23-14-5-7-22-8-6-14/h9-11,14,22H,1-8H2,(H2,23,24,25,26). The van der Waals surface area contributed by atoms with Crippen molar-refractivity contribution in [2.75, 3.05) is 23.7 Å². The summed E-state index contributed by atoms with van der Waals surface area (Å²) in [5, 5.41) is 11.5. The van der Waals surface area contributed by atoms with Crippen molar-refractivity contribution in [2.24, 2.45) is 0 Å². The molecule has 4 rings (SSSR count). The summed E-state index contributed by atoms with van der Waals surface area (Å²) in [6, 6.07) is 5.84. The molecule has 1 fully saturated rings. The summed E-state index contributed by atoms with van der Waals surface area (Å²) in [4.78, 5) is 9.56. The number of aromatic nitrogens is 2. The fourth-order valence-electron chi connectivity index (χ4n) is 3.68. The third kappa shape index (κ3) is 4.22. The average molecular weight is 392 g/mol. The van der Waals surface area contributed by atoms with Gasteiger partial charge in [-0.05, 0) is 69.8 Å². The third-order valence-electron chi connectivity index (χ3n) is 4.98. The van der Waals surface area contributed by atoms with E-state index in [2.05, 4.69) is 16.0 Å². The zero-order valence-electron chi connectivity index (χ0n) is 14.6. The highest BCUT2D eigenvalue weighted by Crippen LogP contribution is 2.30. The summed E-state index contributed by atoms with van der Waals surface area (Å²) >= 11 is 12.2. The molecule has 1 aromatic carbocycles. The van der Waals surface area contributed by atoms with Crippen LogP contribution in [0.15, 0.2) is 18.2 Å². The number of aryl methyl sites for hydroxylation is 1. The first-order valence-corrected chi connectivity index (χ1v) is 10.0. The number of nitrogens with zero attached hydrogens (tertiary/aromatic N) is 2. The van der Waals surface area contributed by atoms with Crippen molar-refractivity contribution >= 4 is 40.7 Å². The Balaban J connectivity index is 1.63. The van der Waals surface area contributed by atoms with Gasteiger partial charge in [0.2, 0.25) is 5.95 Å². The second-order valence-electron chi connectivity index (χ2n) is 6.98. The molecule has 138 valence electrons. The van der Waals surface area contributed by atoms with E-state index in [1.807, 2.05) is 12.1 Å². The molecule has 0 spiro atoms. The summed E-state index contributed by atoms with van der Waals surface area (Å²) in [6.45, 7) is 2.11. The zero-order chi connectivity index (χ0) is 17.9. The van der Waals surface area contributed by atoms with Crippen molar-refractivity contribution in [3.05, 3.63) is 39.5 Å². The Kier molecular flexibility index (Phi) is 5.48. The second-order valence-corrected chi connectivity index (χ2v) is 7.85. The zero-order valence-corrected chi connectivity index (χ0v) is 16.1. The quantitative estimate of drug-likeness (QED) is 0.712. The van der Waals surface area contributed by atoms with E-state index >= 15 is 0 Å². The highest BCUT2D eigenvalue weighted by molar-refractivity contribution is 6.35. The Morgan fingerprint density at radius 1 is 0.962 bits per heavy atom. The smallest absolute Gasteiger partial charge is 0.229 e. The van der Waals surface area contributed by atoms with Crippen molar-refractivity contribution in [3.63, 3.8) is 0 Å². The van der Waals surface area contributed by atoms with E-state index in [9.17, 15) is 0 Å². The number of nitrogens with one attached hydrogen (secondary N) is 3. The molecule has 2 aromatic rings. The molecule has 0 unspecified atom stereocenters. The topological polar surface area (TPSA) is 61.9 Å². The lowest BCUT2D eigenvalue weighted by Gasteiger charge is -2.27. The van der Waals surface area contributed by atoms with E-state index in [1.54, 1.807) is 6.07 Å². The fourth-order valence-corrected chi connectivity index (χ4v) is 4.21. The van der Waals surface area contributed by atoms with E-state index in [0.717, 1.165) is 56.0 Å². The van der Waals surface area contributed by atoms with Crippen LogP contribution in [0.2, 0.25) is 10.0 Å². The fraction of sp³-hybridized carbons (Fsp3) is 0.474. The second kappa shape index (κ2) is 7.99. The molecular weight excluding hydrogens is 369 g/mol. The molecule has 1 saturated heterocycles. The van der Waals surface area contributed by atoms with Gasteiger partial charge in [0.25, 0.3) is 0 Å². The summed E-state index contributed by atoms with van der Waals surface area (Å²) in [5.41, 5.74) is 3.23. The predicted octanol–water partition coefficient (Wildman–Crippen LogP) is 4.57. The van der Waals surface area contributed by atoms with Gasteiger partial charge in [-0.3, -0.25) is 0 Å². The molecule has 0 amide bonds. The van der Waals surface area contributed by atoms with Gasteiger partial charge in [0.15, 0.2) is 0 Å². The maximum atomic E-state index is 6.11. The maximum absolute atomic E-state index is 6.11. The van der Waals surface area contributed by atoms with Crippen LogP contribution < -0.4 is 16.0 Å². The minimum Gasteiger partial charge on any atom is -0.367 e. The van der Waals surface area contributed by atoms with Gasteiger partial charge in [-0.15, -0.1) is 0 Å². The van der Waals surface area contributed by atoms with Gasteiger partial charge in [0, 0.05) is 27.3 Å². The van der Waals surface area contributed by atoms with E-state index in [0.29, 0.717) is 22.0 Å². The number of hydrogen-bond acceptors (Lipinski definition) is 5. The molecule has 5 nitrogen and oxygen atoms in total. The SMILES string of the molecule is Clc1cc(Cl)cc(Nc2nc3c(c(NC4CCNCC4)n2)CCCC3)c1. The van der Waals surface area contributed by atoms with Gasteiger partial charge in [0.1, 0.15) is 5.82 Å². The van der Waals surface area contributed by atoms with Gasteiger partial charge in [-0.25, -0.2) is 4.98 Å². The molecule has 0 saturated carbocycles. The molecule has 1 aliphatic carbocycles. The third-order valence-corrected chi connectivity index (χ3v) is 5.42. The Morgan fingerprint density at radius 2 is 1.69 bits per heavy atom. The normalized spacial score (nSPS) is 17.6. The molecule has 3 N–H and O–H groups in total. The van der Waals surface area contributed by atoms with Gasteiger partial charge >= 0.3 is 0 Å². The highest BCUT2D eigenvalue weighted by atomic mass is 35.5. The molecule has 2 heterocycles. The number of benzene rings is 1. The monoisotopic (exact) mass is 391 g/mol. The molecule has 1 aliphatic heterocycles. The Morgan fingerprint density at radius 3 is 2.46 bits per heavy atom. The first-order chi connectivity index (χ1) is 12.7. The maximum Gasteiger partial charge on any atom is 0.229 e. The van der Waals surface area contributed by atoms with Gasteiger partial charge in [-0.2, -0.15) is 4.98 Å². The predicted molar refractivity (Wildman–Crippen MR) is 108 cm³/mol. The summed E-state index contributed by atoms with van der Waals surface area (Å²) in [6.07, 6.45) is 6.67. The van der Waals surface area contributed by atoms with Crippen LogP contribution in [-0.2, 0) is 12.8 Å². The molecule has 1 aromatic heterocycles. The van der Waals surface area contributed by atoms with Crippen molar-refractivity contribution in [1.29, 1.82) is 0 Å². The van der Waals surface area contributed by atoms with Crippen LogP contribution in [0.5, 0.6) is 0 Å². The lowest BCUT2D eigenvalue weighted by Crippen LogP contribution is -2.36. The molecular formula is C19H23Cl2N5. The summed E-state index contributed by atoms with van der Waals surface area (Å²) < 4.78 is 0. The number of hydrogen-bond donors (Lipinski definition) is 3. The molecule has 7 heteroatoms. The number of halogens is 2. The van der Waals surface area contributed by atoms with E-state index in [4.69, 9.17) is 33.2 Å². The lowest BCUT2D eigenvalue weighted by molar-refractivity contribution is 0.477. The first-order valence-electron chi connectivity index (χ1n) is 9.27. The minimum absolute atomic E-state index is 0.464. The van der Waals surface area contributed by atoms with E-state index < -0.39 is 0 Å². The van der Waals surface area contributed by atoms with Crippen molar-refractivity contribution in [2.45, 2.75) is 44.6 Å². The lowest BCUT2D eigenvalue weighted by atomic mass is 9.96. The summed E-state index contributed by atoms with van der Waals surface area (Å²) in [5.74, 6) is 1.58. The van der Waals surface area contributed by atoms with Crippen LogP contribution in [0.4, 0.5) is 17.5 Å². The van der Waals surface area contributed by atoms with Crippen molar-refractivity contribution in [1.82, 2.24) is 15.3 Å². The van der Waals surface area contributed by atoms with Crippen LogP contribution in [0.1, 0.15) is 36.9 Å². The average Bonchev–Trinajstić information content (AvgIpc) is 2.62. The first kappa shape index (κ1) is 17.8. The number of piperidine rings is 1. The van der Waals surface area contributed by atoms with Gasteiger partial charge in [0.05, 0.1) is 5.69 Å². The Hall–Kier alpha value is -1.56. The molecule has 0 bridgehead atoms. The minimum atomic E-state index is 0.464.